The maximum atomic E-state index is 13.9. The Labute approximate surface area is 234 Å². The van der Waals surface area contributed by atoms with Gasteiger partial charge in [-0.1, -0.05) is 36.9 Å². The summed E-state index contributed by atoms with van der Waals surface area (Å²) in [5.41, 5.74) is 0.570. The van der Waals surface area contributed by atoms with E-state index in [1.807, 2.05) is 0 Å². The minimum absolute atomic E-state index is 0.0798. The Balaban J connectivity index is 1.54. The smallest absolute Gasteiger partial charge is 0.287 e. The van der Waals surface area contributed by atoms with Crippen LogP contribution in [0.3, 0.4) is 0 Å². The third-order valence-corrected chi connectivity index (χ3v) is 10.5. The lowest BCUT2D eigenvalue weighted by atomic mass is 9.84. The number of carbonyl (C=O) groups is 1. The van der Waals surface area contributed by atoms with Crippen LogP contribution < -0.4 is 10.0 Å². The number of amidine groups is 1. The molecule has 1 saturated carbocycles. The third kappa shape index (κ3) is 5.57. The highest BCUT2D eigenvalue weighted by atomic mass is 35.5. The molecule has 2 aliphatic heterocycles. The molecule has 3 aliphatic rings. The van der Waals surface area contributed by atoms with Gasteiger partial charge in [-0.15, -0.1) is 15.7 Å². The molecule has 2 aromatic rings. The van der Waals surface area contributed by atoms with E-state index >= 15 is 0 Å². The van der Waals surface area contributed by atoms with Gasteiger partial charge in [0.05, 0.1) is 11.3 Å². The molecule has 1 aliphatic carbocycles. The van der Waals surface area contributed by atoms with Gasteiger partial charge in [0.25, 0.3) is 15.9 Å². The molecule has 1 amide bonds. The van der Waals surface area contributed by atoms with Crippen LogP contribution >= 0.6 is 22.9 Å². The molecule has 0 spiro atoms. The van der Waals surface area contributed by atoms with Crippen LogP contribution in [-0.2, 0) is 37.9 Å². The summed E-state index contributed by atoms with van der Waals surface area (Å²) in [6.45, 7) is -0.163. The fraction of sp³-hybridized carbons (Fsp3) is 0.417. The number of thiophene rings is 1. The number of nitrogens with one attached hydrogen (secondary N) is 2. The first-order chi connectivity index (χ1) is 18.4. The molecule has 0 unspecified atom stereocenters. The van der Waals surface area contributed by atoms with E-state index < -0.39 is 37.7 Å². The van der Waals surface area contributed by atoms with Crippen molar-refractivity contribution in [2.24, 2.45) is 10.3 Å². The monoisotopic (exact) mass is 616 g/mol. The summed E-state index contributed by atoms with van der Waals surface area (Å²) in [6.07, 6.45) is 4.81. The standard InChI is InChI=1S/C24H26ClFN4O6S3/c1-38(33,34)27-10-14-12-37-23-21(14)39(35,36)29-22(28-23)19-20(31)15-5-3-2-4-6-18(15)30(24(19)32)11-13-7-8-17(26)16(25)9-13/h7-9,12,15,18,27,31H,2-6,10-11H2,1H3,(H,28,29)/t15-,18+/m1/s1. The number of aliphatic hydroxyl groups excluding tert-OH is 1. The van der Waals surface area contributed by atoms with Crippen molar-refractivity contribution < 1.29 is 31.1 Å². The number of rotatable bonds is 6. The van der Waals surface area contributed by atoms with E-state index in [2.05, 4.69) is 14.4 Å². The molecule has 1 aromatic heterocycles. The molecule has 0 bridgehead atoms. The van der Waals surface area contributed by atoms with Gasteiger partial charge in [0, 0.05) is 30.6 Å². The number of sulfonamides is 2. The Bertz CT molecular complexity index is 1620. The number of amides is 1. The molecule has 0 radical (unpaired) electrons. The van der Waals surface area contributed by atoms with Crippen LogP contribution in [0.5, 0.6) is 0 Å². The topological polar surface area (TPSA) is 145 Å². The second-order valence-electron chi connectivity index (χ2n) is 9.81. The van der Waals surface area contributed by atoms with Crippen molar-refractivity contribution in [3.8, 4) is 0 Å². The van der Waals surface area contributed by atoms with Gasteiger partial charge in [-0.05, 0) is 35.9 Å². The van der Waals surface area contributed by atoms with Crippen LogP contribution in [-0.4, -0.2) is 50.9 Å². The zero-order valence-corrected chi connectivity index (χ0v) is 24.0. The lowest BCUT2D eigenvalue weighted by molar-refractivity contribution is -0.132. The van der Waals surface area contributed by atoms with Gasteiger partial charge >= 0.3 is 0 Å². The van der Waals surface area contributed by atoms with Gasteiger partial charge in [0.2, 0.25) is 10.0 Å². The summed E-state index contributed by atoms with van der Waals surface area (Å²) in [7, 11) is -7.91. The Hall–Kier alpha value is -2.52. The summed E-state index contributed by atoms with van der Waals surface area (Å²) in [6, 6.07) is 3.86. The van der Waals surface area contributed by atoms with Crippen LogP contribution in [0.4, 0.5) is 9.39 Å². The normalized spacial score (nSPS) is 23.0. The molecular weight excluding hydrogens is 591 g/mol. The van der Waals surface area contributed by atoms with E-state index in [0.717, 1.165) is 36.9 Å². The minimum Gasteiger partial charge on any atom is -0.511 e. The molecule has 3 N–H and O–H groups in total. The maximum absolute atomic E-state index is 13.9. The quantitative estimate of drug-likeness (QED) is 0.446. The Morgan fingerprint density at radius 1 is 1.28 bits per heavy atom. The SMILES string of the molecule is CS(=O)(=O)NCc1csc2c1S(=O)(=O)N=C(C1=C(O)[C@@H]3CCCCC[C@@H]3N(Cc3ccc(F)c(Cl)c3)C1=O)N2. The average Bonchev–Trinajstić information content (AvgIpc) is 3.11. The second-order valence-corrected chi connectivity index (χ2v) is 14.5. The summed E-state index contributed by atoms with van der Waals surface area (Å²) in [5.74, 6) is -2.11. The predicted octanol–water partition coefficient (Wildman–Crippen LogP) is 3.91. The molecule has 1 aromatic carbocycles. The largest absolute Gasteiger partial charge is 0.511 e. The number of aliphatic hydroxyl groups is 1. The molecule has 0 saturated heterocycles. The van der Waals surface area contributed by atoms with Crippen LogP contribution in [0, 0.1) is 11.7 Å². The van der Waals surface area contributed by atoms with Gasteiger partial charge in [0.1, 0.15) is 27.0 Å². The van der Waals surface area contributed by atoms with E-state index in [4.69, 9.17) is 11.6 Å². The van der Waals surface area contributed by atoms with Crippen LogP contribution in [0.1, 0.15) is 43.2 Å². The van der Waals surface area contributed by atoms with Crippen LogP contribution in [0.25, 0.3) is 0 Å². The molecule has 5 rings (SSSR count). The number of hydrogen-bond acceptors (Lipinski definition) is 8. The number of hydrogen-bond donors (Lipinski definition) is 3. The van der Waals surface area contributed by atoms with Crippen molar-refractivity contribution in [2.75, 3.05) is 11.6 Å². The first-order valence-electron chi connectivity index (χ1n) is 12.2. The Morgan fingerprint density at radius 2 is 2.03 bits per heavy atom. The Morgan fingerprint density at radius 3 is 2.74 bits per heavy atom. The van der Waals surface area contributed by atoms with E-state index in [0.29, 0.717) is 18.4 Å². The number of anilines is 1. The zero-order valence-electron chi connectivity index (χ0n) is 20.8. The van der Waals surface area contributed by atoms with Gasteiger partial charge in [-0.25, -0.2) is 17.5 Å². The van der Waals surface area contributed by atoms with E-state index in [1.165, 1.54) is 23.6 Å². The van der Waals surface area contributed by atoms with Crippen molar-refractivity contribution in [1.82, 2.24) is 9.62 Å². The lowest BCUT2D eigenvalue weighted by Gasteiger charge is -2.41. The van der Waals surface area contributed by atoms with Crippen molar-refractivity contribution in [3.05, 3.63) is 56.9 Å². The number of nitrogens with zero attached hydrogens (tertiary/aromatic N) is 2. The highest BCUT2D eigenvalue weighted by Crippen LogP contribution is 2.42. The van der Waals surface area contributed by atoms with Crippen molar-refractivity contribution in [1.29, 1.82) is 0 Å². The third-order valence-electron chi connectivity index (χ3n) is 7.08. The van der Waals surface area contributed by atoms with Gasteiger partial charge in [-0.3, -0.25) is 4.79 Å². The number of carbonyl (C=O) groups excluding carboxylic acids is 1. The predicted molar refractivity (Wildman–Crippen MR) is 146 cm³/mol. The minimum atomic E-state index is -4.34. The molecular formula is C24H26ClFN4O6S3. The molecule has 39 heavy (non-hydrogen) atoms. The second kappa shape index (κ2) is 10.5. The fourth-order valence-electron chi connectivity index (χ4n) is 5.30. The number of fused-ring (bicyclic) bond motifs is 2. The summed E-state index contributed by atoms with van der Waals surface area (Å²) in [4.78, 5) is 15.3. The van der Waals surface area contributed by atoms with Crippen LogP contribution in [0.2, 0.25) is 5.02 Å². The first kappa shape index (κ1) is 28.0. The molecule has 210 valence electrons. The molecule has 15 heteroatoms. The first-order valence-corrected chi connectivity index (χ1v) is 16.8. The Kier molecular flexibility index (Phi) is 7.52. The number of halogens is 2. The average molecular weight is 617 g/mol. The zero-order chi connectivity index (χ0) is 28.1. The molecule has 3 heterocycles. The van der Waals surface area contributed by atoms with Gasteiger partial charge in [0.15, 0.2) is 5.84 Å². The fourth-order valence-corrected chi connectivity index (χ4v) is 8.53. The summed E-state index contributed by atoms with van der Waals surface area (Å²) < 4.78 is 69.4. The maximum Gasteiger partial charge on any atom is 0.287 e. The summed E-state index contributed by atoms with van der Waals surface area (Å²) in [5, 5.41) is 15.8. The lowest BCUT2D eigenvalue weighted by Crippen LogP contribution is -2.51. The van der Waals surface area contributed by atoms with Crippen LogP contribution in [0.15, 0.2) is 44.2 Å². The van der Waals surface area contributed by atoms with E-state index in [9.17, 15) is 31.1 Å². The van der Waals surface area contributed by atoms with Gasteiger partial charge in [-0.2, -0.15) is 8.42 Å². The van der Waals surface area contributed by atoms with E-state index in [1.54, 1.807) is 4.90 Å². The molecule has 2 atom stereocenters. The van der Waals surface area contributed by atoms with Crippen molar-refractivity contribution >= 4 is 59.7 Å². The van der Waals surface area contributed by atoms with Crippen molar-refractivity contribution in [2.45, 2.75) is 56.1 Å². The van der Waals surface area contributed by atoms with E-state index in [-0.39, 0.29) is 56.8 Å². The summed E-state index contributed by atoms with van der Waals surface area (Å²) >= 11 is 7.00. The highest BCUT2D eigenvalue weighted by molar-refractivity contribution is 7.91. The molecule has 1 fully saturated rings. The van der Waals surface area contributed by atoms with Crippen molar-refractivity contribution in [3.63, 3.8) is 0 Å². The highest BCUT2D eigenvalue weighted by Gasteiger charge is 2.45. The van der Waals surface area contributed by atoms with Gasteiger partial charge < -0.3 is 15.3 Å². The molecule has 10 nitrogen and oxygen atoms in total. The number of benzene rings is 1.